The standard InChI is InChI=1S/C24H18F3N3O4/c1-2-14-10-19(30-23(33)34)20(11-18(14)24(25,26)27)29-22(32)12-21(31)16-6-3-5-15(9-16)17-7-4-8-28-13-17/h2-11,13,30H,1,12H2,(H,29,32)(H,33,34). The predicted molar refractivity (Wildman–Crippen MR) is 120 cm³/mol. The molecule has 3 rings (SSSR count). The summed E-state index contributed by atoms with van der Waals surface area (Å²) in [6.45, 7) is 3.31. The van der Waals surface area contributed by atoms with E-state index in [4.69, 9.17) is 5.11 Å². The third kappa shape index (κ3) is 5.85. The number of nitrogens with zero attached hydrogens (tertiary/aromatic N) is 1. The third-order valence-electron chi connectivity index (χ3n) is 4.73. The van der Waals surface area contributed by atoms with Crippen LogP contribution in [0.5, 0.6) is 0 Å². The lowest BCUT2D eigenvalue weighted by molar-refractivity contribution is -0.137. The largest absolute Gasteiger partial charge is 0.465 e. The summed E-state index contributed by atoms with van der Waals surface area (Å²) in [5, 5.41) is 13.1. The Balaban J connectivity index is 1.84. The van der Waals surface area contributed by atoms with E-state index in [9.17, 15) is 27.6 Å². The number of halogens is 3. The maximum absolute atomic E-state index is 13.4. The number of carbonyl (C=O) groups excluding carboxylic acids is 2. The molecule has 7 nitrogen and oxygen atoms in total. The molecule has 0 unspecified atom stereocenters. The summed E-state index contributed by atoms with van der Waals surface area (Å²) >= 11 is 0. The van der Waals surface area contributed by atoms with Gasteiger partial charge in [0.1, 0.15) is 0 Å². The number of aromatic nitrogens is 1. The topological polar surface area (TPSA) is 108 Å². The van der Waals surface area contributed by atoms with Gasteiger partial charge in [0.15, 0.2) is 5.78 Å². The van der Waals surface area contributed by atoms with E-state index in [1.807, 2.05) is 5.32 Å². The molecule has 0 fully saturated rings. The highest BCUT2D eigenvalue weighted by Gasteiger charge is 2.34. The van der Waals surface area contributed by atoms with Gasteiger partial charge in [-0.2, -0.15) is 13.2 Å². The molecule has 0 bridgehead atoms. The molecule has 10 heteroatoms. The van der Waals surface area contributed by atoms with Crippen molar-refractivity contribution < 1.29 is 32.7 Å². The molecule has 0 saturated carbocycles. The number of Topliss-reactive ketones (excluding diaryl/α,β-unsaturated/α-hetero) is 1. The lowest BCUT2D eigenvalue weighted by Crippen LogP contribution is -2.20. The van der Waals surface area contributed by atoms with E-state index in [0.717, 1.165) is 17.7 Å². The van der Waals surface area contributed by atoms with Crippen LogP contribution in [0.15, 0.2) is 67.5 Å². The molecule has 0 saturated heterocycles. The van der Waals surface area contributed by atoms with Crippen LogP contribution in [0.1, 0.15) is 27.9 Å². The second-order valence-electron chi connectivity index (χ2n) is 7.09. The quantitative estimate of drug-likeness (QED) is 0.303. The first kappa shape index (κ1) is 24.2. The van der Waals surface area contributed by atoms with Crippen LogP contribution in [0, 0.1) is 0 Å². The van der Waals surface area contributed by atoms with E-state index in [-0.39, 0.29) is 16.8 Å². The Labute approximate surface area is 192 Å². The van der Waals surface area contributed by atoms with E-state index in [2.05, 4.69) is 16.9 Å². The molecular formula is C24H18F3N3O4. The summed E-state index contributed by atoms with van der Waals surface area (Å²) < 4.78 is 40.2. The Hall–Kier alpha value is -4.47. The van der Waals surface area contributed by atoms with Crippen molar-refractivity contribution >= 4 is 35.2 Å². The number of carboxylic acid groups (broad SMARTS) is 1. The Morgan fingerprint density at radius 2 is 1.71 bits per heavy atom. The molecule has 3 aromatic rings. The summed E-state index contributed by atoms with van der Waals surface area (Å²) in [5.41, 5.74) is -0.563. The lowest BCUT2D eigenvalue weighted by Gasteiger charge is -2.17. The molecule has 0 spiro atoms. The Bertz CT molecular complexity index is 1260. The van der Waals surface area contributed by atoms with Crippen molar-refractivity contribution in [1.82, 2.24) is 4.98 Å². The van der Waals surface area contributed by atoms with Crippen molar-refractivity contribution in [1.29, 1.82) is 0 Å². The molecule has 2 amide bonds. The molecular weight excluding hydrogens is 451 g/mol. The molecule has 0 aliphatic heterocycles. The number of amides is 2. The number of ketones is 1. The van der Waals surface area contributed by atoms with Gasteiger partial charge in [0, 0.05) is 23.5 Å². The second-order valence-corrected chi connectivity index (χ2v) is 7.09. The molecule has 2 aromatic carbocycles. The number of anilines is 2. The lowest BCUT2D eigenvalue weighted by atomic mass is 10.0. The predicted octanol–water partition coefficient (Wildman–Crippen LogP) is 5.71. The minimum absolute atomic E-state index is 0.221. The summed E-state index contributed by atoms with van der Waals surface area (Å²) in [7, 11) is 0. The zero-order valence-electron chi connectivity index (χ0n) is 17.5. The van der Waals surface area contributed by atoms with Crippen LogP contribution in [0.25, 0.3) is 17.2 Å². The van der Waals surface area contributed by atoms with Gasteiger partial charge in [0.25, 0.3) is 0 Å². The van der Waals surface area contributed by atoms with Gasteiger partial charge in [-0.3, -0.25) is 19.9 Å². The molecule has 0 atom stereocenters. The van der Waals surface area contributed by atoms with Gasteiger partial charge in [0.05, 0.1) is 23.4 Å². The number of hydrogen-bond acceptors (Lipinski definition) is 4. The Morgan fingerprint density at radius 3 is 2.32 bits per heavy atom. The molecule has 1 heterocycles. The van der Waals surface area contributed by atoms with Gasteiger partial charge in [-0.15, -0.1) is 0 Å². The number of alkyl halides is 3. The fourth-order valence-corrected chi connectivity index (χ4v) is 3.20. The van der Waals surface area contributed by atoms with Crippen LogP contribution in [0.3, 0.4) is 0 Å². The first-order valence-electron chi connectivity index (χ1n) is 9.79. The molecule has 0 aliphatic carbocycles. The number of pyridine rings is 1. The summed E-state index contributed by atoms with van der Waals surface area (Å²) in [4.78, 5) is 40.2. The minimum Gasteiger partial charge on any atom is -0.465 e. The third-order valence-corrected chi connectivity index (χ3v) is 4.73. The normalized spacial score (nSPS) is 10.9. The van der Waals surface area contributed by atoms with Gasteiger partial charge in [0.2, 0.25) is 5.91 Å². The number of hydrogen-bond donors (Lipinski definition) is 3. The maximum atomic E-state index is 13.4. The van der Waals surface area contributed by atoms with Crippen LogP contribution >= 0.6 is 0 Å². The Morgan fingerprint density at radius 1 is 1.00 bits per heavy atom. The maximum Gasteiger partial charge on any atom is 0.417 e. The van der Waals surface area contributed by atoms with Gasteiger partial charge < -0.3 is 10.4 Å². The average molecular weight is 469 g/mol. The fraction of sp³-hybridized carbons (Fsp3) is 0.0833. The zero-order valence-corrected chi connectivity index (χ0v) is 17.5. The highest BCUT2D eigenvalue weighted by molar-refractivity contribution is 6.12. The zero-order chi connectivity index (χ0) is 24.9. The smallest absolute Gasteiger partial charge is 0.417 e. The highest BCUT2D eigenvalue weighted by Crippen LogP contribution is 2.38. The van der Waals surface area contributed by atoms with Crippen LogP contribution in [0.2, 0.25) is 0 Å². The van der Waals surface area contributed by atoms with Crippen LogP contribution in [0.4, 0.5) is 29.3 Å². The molecule has 0 aliphatic rings. The molecule has 3 N–H and O–H groups in total. The summed E-state index contributed by atoms with van der Waals surface area (Å²) in [6.07, 6.45) is -2.88. The molecule has 0 radical (unpaired) electrons. The number of rotatable bonds is 7. The van der Waals surface area contributed by atoms with Crippen molar-refractivity contribution in [2.75, 3.05) is 10.6 Å². The van der Waals surface area contributed by atoms with E-state index < -0.39 is 41.6 Å². The summed E-state index contributed by atoms with van der Waals surface area (Å²) in [6, 6.07) is 11.5. The van der Waals surface area contributed by atoms with Crippen LogP contribution in [-0.2, 0) is 11.0 Å². The minimum atomic E-state index is -4.78. The van der Waals surface area contributed by atoms with Crippen molar-refractivity contribution in [3.8, 4) is 11.1 Å². The fourth-order valence-electron chi connectivity index (χ4n) is 3.20. The van der Waals surface area contributed by atoms with Crippen LogP contribution < -0.4 is 10.6 Å². The van der Waals surface area contributed by atoms with E-state index in [1.54, 1.807) is 42.7 Å². The molecule has 1 aromatic heterocycles. The van der Waals surface area contributed by atoms with Crippen molar-refractivity contribution in [3.05, 3.63) is 84.2 Å². The second kappa shape index (κ2) is 9.99. The number of carbonyl (C=O) groups is 3. The molecule has 174 valence electrons. The first-order valence-corrected chi connectivity index (χ1v) is 9.79. The van der Waals surface area contributed by atoms with E-state index in [0.29, 0.717) is 11.6 Å². The van der Waals surface area contributed by atoms with Gasteiger partial charge in [-0.1, -0.05) is 36.9 Å². The average Bonchev–Trinajstić information content (AvgIpc) is 2.79. The van der Waals surface area contributed by atoms with E-state index >= 15 is 0 Å². The van der Waals surface area contributed by atoms with Crippen molar-refractivity contribution in [2.45, 2.75) is 12.6 Å². The van der Waals surface area contributed by atoms with Gasteiger partial charge >= 0.3 is 12.3 Å². The number of nitrogens with one attached hydrogen (secondary N) is 2. The highest BCUT2D eigenvalue weighted by atomic mass is 19.4. The monoisotopic (exact) mass is 469 g/mol. The first-order chi connectivity index (χ1) is 16.1. The Kier molecular flexibility index (Phi) is 7.10. The van der Waals surface area contributed by atoms with Crippen molar-refractivity contribution in [3.63, 3.8) is 0 Å². The summed E-state index contributed by atoms with van der Waals surface area (Å²) in [5.74, 6) is -1.49. The SMILES string of the molecule is C=Cc1cc(NC(=O)O)c(NC(=O)CC(=O)c2cccc(-c3cccnc3)c2)cc1C(F)(F)F. The van der Waals surface area contributed by atoms with Crippen molar-refractivity contribution in [2.24, 2.45) is 0 Å². The van der Waals surface area contributed by atoms with Crippen LogP contribution in [-0.4, -0.2) is 27.9 Å². The van der Waals surface area contributed by atoms with Gasteiger partial charge in [-0.05, 0) is 35.4 Å². The van der Waals surface area contributed by atoms with Gasteiger partial charge in [-0.25, -0.2) is 4.79 Å². The molecule has 34 heavy (non-hydrogen) atoms. The number of benzene rings is 2. The van der Waals surface area contributed by atoms with E-state index in [1.165, 1.54) is 6.07 Å².